The monoisotopic (exact) mass is 339 g/mol. The quantitative estimate of drug-likeness (QED) is 0.811. The molecule has 0 saturated heterocycles. The van der Waals surface area contributed by atoms with Crippen molar-refractivity contribution in [2.75, 3.05) is 11.4 Å². The summed E-state index contributed by atoms with van der Waals surface area (Å²) < 4.78 is 28.0. The number of rotatable bonds is 3. The number of anilines is 1. The number of hydrogen-bond acceptors (Lipinski definition) is 1. The van der Waals surface area contributed by atoms with E-state index < -0.39 is 17.5 Å². The first-order chi connectivity index (χ1) is 9.56. The van der Waals surface area contributed by atoms with E-state index in [1.165, 1.54) is 35.2 Å². The molecule has 0 radical (unpaired) electrons. The van der Waals surface area contributed by atoms with Crippen molar-refractivity contribution in [2.24, 2.45) is 0 Å². The Kier molecular flexibility index (Phi) is 4.49. The Balaban J connectivity index is 2.48. The van der Waals surface area contributed by atoms with E-state index in [4.69, 9.17) is 0 Å². The normalized spacial score (nSPS) is 10.4. The average molecular weight is 340 g/mol. The predicted octanol–water partition coefficient (Wildman–Crippen LogP) is 4.39. The number of hydrogen-bond donors (Lipinski definition) is 0. The van der Waals surface area contributed by atoms with E-state index in [0.717, 1.165) is 0 Å². The Morgan fingerprint density at radius 1 is 1.10 bits per heavy atom. The van der Waals surface area contributed by atoms with E-state index in [0.29, 0.717) is 4.47 Å². The van der Waals surface area contributed by atoms with Crippen LogP contribution < -0.4 is 4.90 Å². The number of carbonyl (C=O) groups excluding carboxylic acids is 1. The third-order valence-corrected chi connectivity index (χ3v) is 3.54. The van der Waals surface area contributed by atoms with Gasteiger partial charge in [0.05, 0.1) is 11.3 Å². The molecular formula is C15H12BrF2NO. The third kappa shape index (κ3) is 2.72. The van der Waals surface area contributed by atoms with Gasteiger partial charge in [0.15, 0.2) is 0 Å². The Bertz CT molecular complexity index is 625. The minimum absolute atomic E-state index is 0.0994. The highest BCUT2D eigenvalue weighted by molar-refractivity contribution is 9.10. The maximum absolute atomic E-state index is 13.8. The summed E-state index contributed by atoms with van der Waals surface area (Å²) in [6, 6.07) is 10.2. The lowest BCUT2D eigenvalue weighted by molar-refractivity contribution is 0.0983. The van der Waals surface area contributed by atoms with Crippen molar-refractivity contribution in [1.82, 2.24) is 0 Å². The highest BCUT2D eigenvalue weighted by atomic mass is 79.9. The van der Waals surface area contributed by atoms with Gasteiger partial charge in [0, 0.05) is 11.0 Å². The molecule has 2 aromatic carbocycles. The van der Waals surface area contributed by atoms with E-state index in [9.17, 15) is 13.6 Å². The number of nitrogens with zero attached hydrogens (tertiary/aromatic N) is 1. The minimum Gasteiger partial charge on any atom is -0.306 e. The molecule has 0 fully saturated rings. The fourth-order valence-corrected chi connectivity index (χ4v) is 2.44. The van der Waals surface area contributed by atoms with Crippen LogP contribution in [0.3, 0.4) is 0 Å². The second kappa shape index (κ2) is 6.13. The Hall–Kier alpha value is -1.75. The number of benzene rings is 2. The average Bonchev–Trinajstić information content (AvgIpc) is 2.41. The molecule has 0 heterocycles. The van der Waals surface area contributed by atoms with Crippen LogP contribution in [0.2, 0.25) is 0 Å². The molecule has 0 spiro atoms. The molecule has 104 valence electrons. The topological polar surface area (TPSA) is 20.3 Å². The number of para-hydroxylation sites is 1. The predicted molar refractivity (Wildman–Crippen MR) is 77.9 cm³/mol. The van der Waals surface area contributed by atoms with Gasteiger partial charge in [0.1, 0.15) is 11.6 Å². The Morgan fingerprint density at radius 2 is 1.75 bits per heavy atom. The number of amides is 1. The van der Waals surface area contributed by atoms with Crippen molar-refractivity contribution in [3.05, 3.63) is 64.1 Å². The van der Waals surface area contributed by atoms with Crippen LogP contribution in [0.5, 0.6) is 0 Å². The standard InChI is InChI=1S/C15H12BrF2NO/c1-2-19(13-9-4-3-7-11(13)17)15(20)14-10(16)6-5-8-12(14)18/h3-9H,2H2,1H3. The van der Waals surface area contributed by atoms with Crippen molar-refractivity contribution < 1.29 is 13.6 Å². The van der Waals surface area contributed by atoms with Crippen LogP contribution in [0.25, 0.3) is 0 Å². The van der Waals surface area contributed by atoms with Gasteiger partial charge in [-0.2, -0.15) is 0 Å². The smallest absolute Gasteiger partial charge is 0.262 e. The summed E-state index contributed by atoms with van der Waals surface area (Å²) in [7, 11) is 0. The van der Waals surface area contributed by atoms with Crippen LogP contribution in [0.1, 0.15) is 17.3 Å². The largest absolute Gasteiger partial charge is 0.306 e. The zero-order chi connectivity index (χ0) is 14.7. The molecule has 5 heteroatoms. The summed E-state index contributed by atoms with van der Waals surface area (Å²) in [4.78, 5) is 13.7. The van der Waals surface area contributed by atoms with Gasteiger partial charge < -0.3 is 4.90 Å². The van der Waals surface area contributed by atoms with E-state index in [-0.39, 0.29) is 17.8 Å². The number of carbonyl (C=O) groups is 1. The molecule has 0 aromatic heterocycles. The molecule has 0 unspecified atom stereocenters. The lowest BCUT2D eigenvalue weighted by Gasteiger charge is -2.22. The molecule has 20 heavy (non-hydrogen) atoms. The van der Waals surface area contributed by atoms with Crippen LogP contribution in [-0.2, 0) is 0 Å². The van der Waals surface area contributed by atoms with Crippen LogP contribution in [-0.4, -0.2) is 12.5 Å². The van der Waals surface area contributed by atoms with Gasteiger partial charge in [0.25, 0.3) is 5.91 Å². The molecule has 0 bridgehead atoms. The van der Waals surface area contributed by atoms with Gasteiger partial charge in [-0.15, -0.1) is 0 Å². The SMILES string of the molecule is CCN(C(=O)c1c(F)cccc1Br)c1ccccc1F. The summed E-state index contributed by atoms with van der Waals surface area (Å²) >= 11 is 3.16. The summed E-state index contributed by atoms with van der Waals surface area (Å²) in [6.07, 6.45) is 0. The van der Waals surface area contributed by atoms with Gasteiger partial charge in [0.2, 0.25) is 0 Å². The highest BCUT2D eigenvalue weighted by Crippen LogP contribution is 2.25. The molecular weight excluding hydrogens is 328 g/mol. The molecule has 0 aliphatic rings. The van der Waals surface area contributed by atoms with E-state index >= 15 is 0 Å². The van der Waals surface area contributed by atoms with E-state index in [1.807, 2.05) is 0 Å². The van der Waals surface area contributed by atoms with Crippen molar-refractivity contribution in [2.45, 2.75) is 6.92 Å². The van der Waals surface area contributed by atoms with Crippen molar-refractivity contribution in [3.63, 3.8) is 0 Å². The molecule has 2 aromatic rings. The van der Waals surface area contributed by atoms with Gasteiger partial charge in [-0.05, 0) is 47.1 Å². The first kappa shape index (κ1) is 14.7. The Morgan fingerprint density at radius 3 is 2.35 bits per heavy atom. The summed E-state index contributed by atoms with van der Waals surface area (Å²) in [5.41, 5.74) is 0.0350. The minimum atomic E-state index is -0.640. The van der Waals surface area contributed by atoms with Crippen LogP contribution in [0, 0.1) is 11.6 Å². The molecule has 0 saturated carbocycles. The lowest BCUT2D eigenvalue weighted by Crippen LogP contribution is -2.32. The maximum atomic E-state index is 13.8. The fraction of sp³-hybridized carbons (Fsp3) is 0.133. The zero-order valence-corrected chi connectivity index (χ0v) is 12.3. The van der Waals surface area contributed by atoms with E-state index in [1.54, 1.807) is 19.1 Å². The maximum Gasteiger partial charge on any atom is 0.262 e. The summed E-state index contributed by atoms with van der Waals surface area (Å²) in [5, 5.41) is 0. The van der Waals surface area contributed by atoms with Crippen LogP contribution >= 0.6 is 15.9 Å². The summed E-state index contributed by atoms with van der Waals surface area (Å²) in [6.45, 7) is 1.94. The number of halogens is 3. The summed E-state index contributed by atoms with van der Waals surface area (Å²) in [5.74, 6) is -1.74. The van der Waals surface area contributed by atoms with Crippen LogP contribution in [0.15, 0.2) is 46.9 Å². The molecule has 1 amide bonds. The van der Waals surface area contributed by atoms with Crippen molar-refractivity contribution in [3.8, 4) is 0 Å². The molecule has 0 N–H and O–H groups in total. The second-order valence-corrected chi connectivity index (χ2v) is 4.95. The molecule has 0 aliphatic heterocycles. The third-order valence-electron chi connectivity index (χ3n) is 2.88. The van der Waals surface area contributed by atoms with Gasteiger partial charge in [-0.3, -0.25) is 4.79 Å². The molecule has 2 rings (SSSR count). The second-order valence-electron chi connectivity index (χ2n) is 4.10. The van der Waals surface area contributed by atoms with Crippen molar-refractivity contribution in [1.29, 1.82) is 0 Å². The first-order valence-electron chi connectivity index (χ1n) is 6.06. The van der Waals surface area contributed by atoms with Gasteiger partial charge in [-0.1, -0.05) is 18.2 Å². The van der Waals surface area contributed by atoms with E-state index in [2.05, 4.69) is 15.9 Å². The Labute approximate surface area is 124 Å². The molecule has 0 aliphatic carbocycles. The highest BCUT2D eigenvalue weighted by Gasteiger charge is 2.23. The van der Waals surface area contributed by atoms with Crippen LogP contribution in [0.4, 0.5) is 14.5 Å². The zero-order valence-electron chi connectivity index (χ0n) is 10.7. The molecule has 0 atom stereocenters. The van der Waals surface area contributed by atoms with Gasteiger partial charge >= 0.3 is 0 Å². The van der Waals surface area contributed by atoms with Gasteiger partial charge in [-0.25, -0.2) is 8.78 Å². The van der Waals surface area contributed by atoms with Crippen molar-refractivity contribution >= 4 is 27.5 Å². The lowest BCUT2D eigenvalue weighted by atomic mass is 10.1. The fourth-order valence-electron chi connectivity index (χ4n) is 1.93. The molecule has 2 nitrogen and oxygen atoms in total. The first-order valence-corrected chi connectivity index (χ1v) is 6.86.